The number of hydrogen-bond donors (Lipinski definition) is 5. The maximum atomic E-state index is 13.1. The van der Waals surface area contributed by atoms with Gasteiger partial charge in [-0.05, 0) is 54.1 Å². The summed E-state index contributed by atoms with van der Waals surface area (Å²) in [6.07, 6.45) is -6.55. The second kappa shape index (κ2) is 11.0. The SMILES string of the molecule is CC(=C(C#N)S(=O)(=O)NC1C(O)OC(CO)C(O)C1O)c1ccc2cc(N3CCN(C)CC3)ccc2c1. The molecule has 5 N–H and O–H groups in total. The zero-order valence-electron chi connectivity index (χ0n) is 20.6. The summed E-state index contributed by atoms with van der Waals surface area (Å²) >= 11 is 0. The Morgan fingerprint density at radius 2 is 1.73 bits per heavy atom. The van der Waals surface area contributed by atoms with Crippen molar-refractivity contribution in [2.24, 2.45) is 0 Å². The van der Waals surface area contributed by atoms with E-state index in [0.29, 0.717) is 5.56 Å². The van der Waals surface area contributed by atoms with E-state index in [1.54, 1.807) is 18.2 Å². The van der Waals surface area contributed by atoms with Gasteiger partial charge in [0.2, 0.25) is 0 Å². The third-order valence-corrected chi connectivity index (χ3v) is 8.54. The molecule has 5 unspecified atom stereocenters. The molecule has 0 spiro atoms. The molecular formula is C25H32N4O7S. The van der Waals surface area contributed by atoms with Crippen molar-refractivity contribution in [3.8, 4) is 6.07 Å². The van der Waals surface area contributed by atoms with Gasteiger partial charge in [0.15, 0.2) is 11.2 Å². The number of fused-ring (bicyclic) bond motifs is 1. The van der Waals surface area contributed by atoms with E-state index in [1.165, 1.54) is 6.92 Å². The summed E-state index contributed by atoms with van der Waals surface area (Å²) < 4.78 is 33.3. The quantitative estimate of drug-likeness (QED) is 0.308. The molecule has 11 nitrogen and oxygen atoms in total. The first-order valence-electron chi connectivity index (χ1n) is 12.0. The minimum atomic E-state index is -4.53. The second-order valence-electron chi connectivity index (χ2n) is 9.48. The molecule has 12 heteroatoms. The Kier molecular flexibility index (Phi) is 8.17. The molecule has 0 aliphatic carbocycles. The lowest BCUT2D eigenvalue weighted by Crippen LogP contribution is -2.64. The van der Waals surface area contributed by atoms with Gasteiger partial charge in [-0.25, -0.2) is 8.42 Å². The molecule has 0 aromatic heterocycles. The number of rotatable bonds is 6. The molecule has 37 heavy (non-hydrogen) atoms. The lowest BCUT2D eigenvalue weighted by Gasteiger charge is -2.40. The number of nitrogens with one attached hydrogen (secondary N) is 1. The van der Waals surface area contributed by atoms with E-state index in [0.717, 1.165) is 42.6 Å². The molecule has 0 saturated carbocycles. The maximum Gasteiger partial charge on any atom is 0.251 e. The van der Waals surface area contributed by atoms with Crippen LogP contribution in [-0.4, -0.2) is 104 Å². The van der Waals surface area contributed by atoms with Gasteiger partial charge < -0.3 is 35.0 Å². The number of likely N-dealkylation sites (N-methyl/N-ethyl adjacent to an activating group) is 1. The number of nitrogens with zero attached hydrogens (tertiary/aromatic N) is 3. The van der Waals surface area contributed by atoms with Gasteiger partial charge in [0, 0.05) is 31.9 Å². The van der Waals surface area contributed by atoms with E-state index in [9.17, 15) is 34.1 Å². The van der Waals surface area contributed by atoms with Gasteiger partial charge in [0.1, 0.15) is 30.4 Å². The average molecular weight is 533 g/mol. The summed E-state index contributed by atoms with van der Waals surface area (Å²) in [4.78, 5) is 4.01. The third-order valence-electron chi connectivity index (χ3n) is 7.03. The van der Waals surface area contributed by atoms with Gasteiger partial charge in [0.25, 0.3) is 10.0 Å². The van der Waals surface area contributed by atoms with Crippen molar-refractivity contribution in [3.63, 3.8) is 0 Å². The molecule has 2 heterocycles. The van der Waals surface area contributed by atoms with Gasteiger partial charge in [-0.2, -0.15) is 9.98 Å². The summed E-state index contributed by atoms with van der Waals surface area (Å²) in [6, 6.07) is 11.5. The number of nitriles is 1. The maximum absolute atomic E-state index is 13.1. The van der Waals surface area contributed by atoms with Crippen LogP contribution in [0.15, 0.2) is 41.3 Å². The number of aliphatic hydroxyl groups excluding tert-OH is 4. The molecular weight excluding hydrogens is 500 g/mol. The Morgan fingerprint density at radius 3 is 2.38 bits per heavy atom. The van der Waals surface area contributed by atoms with Crippen molar-refractivity contribution < 1.29 is 33.6 Å². The Morgan fingerprint density at radius 1 is 1.08 bits per heavy atom. The van der Waals surface area contributed by atoms with Crippen molar-refractivity contribution in [2.45, 2.75) is 37.6 Å². The molecule has 0 bridgehead atoms. The standard InChI is InChI=1S/C25H32N4O7S/c1-15(21(13-26)37(34,35)27-22-24(32)23(31)20(14-30)36-25(22)33)16-3-4-18-12-19(6-5-17(18)11-16)29-9-7-28(2)8-10-29/h3-6,11-12,20,22-25,27,30-33H,7-10,14H2,1-2H3. The van der Waals surface area contributed by atoms with Crippen LogP contribution >= 0.6 is 0 Å². The minimum Gasteiger partial charge on any atom is -0.394 e. The van der Waals surface area contributed by atoms with Gasteiger partial charge in [-0.15, -0.1) is 0 Å². The van der Waals surface area contributed by atoms with Crippen LogP contribution < -0.4 is 9.62 Å². The monoisotopic (exact) mass is 532 g/mol. The summed E-state index contributed by atoms with van der Waals surface area (Å²) in [5.41, 5.74) is 1.81. The zero-order chi connectivity index (χ0) is 26.9. The fourth-order valence-corrected chi connectivity index (χ4v) is 6.04. The fourth-order valence-electron chi connectivity index (χ4n) is 4.67. The summed E-state index contributed by atoms with van der Waals surface area (Å²) in [6.45, 7) is 4.66. The normalized spacial score (nSPS) is 28.1. The molecule has 2 fully saturated rings. The molecule has 2 aromatic carbocycles. The van der Waals surface area contributed by atoms with Gasteiger partial charge in [0.05, 0.1) is 6.61 Å². The van der Waals surface area contributed by atoms with Crippen molar-refractivity contribution >= 4 is 32.1 Å². The second-order valence-corrected chi connectivity index (χ2v) is 11.1. The van der Waals surface area contributed by atoms with Crippen molar-refractivity contribution in [3.05, 3.63) is 46.9 Å². The number of piperazine rings is 1. The summed E-state index contributed by atoms with van der Waals surface area (Å²) in [5, 5.41) is 51.3. The highest BCUT2D eigenvalue weighted by atomic mass is 32.2. The number of hydrogen-bond acceptors (Lipinski definition) is 10. The van der Waals surface area contributed by atoms with Crippen LogP contribution in [0.3, 0.4) is 0 Å². The van der Waals surface area contributed by atoms with Crippen LogP contribution in [0.2, 0.25) is 0 Å². The molecule has 2 aromatic rings. The smallest absolute Gasteiger partial charge is 0.251 e. The highest BCUT2D eigenvalue weighted by Crippen LogP contribution is 2.29. The Hall–Kier alpha value is -2.60. The van der Waals surface area contributed by atoms with Crippen molar-refractivity contribution in [2.75, 3.05) is 44.7 Å². The summed E-state index contributed by atoms with van der Waals surface area (Å²) in [5.74, 6) is 0. The topological polar surface area (TPSA) is 167 Å². The third kappa shape index (κ3) is 5.64. The van der Waals surface area contributed by atoms with Crippen LogP contribution in [-0.2, 0) is 14.8 Å². The largest absolute Gasteiger partial charge is 0.394 e. The van der Waals surface area contributed by atoms with Crippen LogP contribution in [0, 0.1) is 11.3 Å². The minimum absolute atomic E-state index is 0.175. The number of benzene rings is 2. The van der Waals surface area contributed by atoms with Crippen LogP contribution in [0.1, 0.15) is 12.5 Å². The highest BCUT2D eigenvalue weighted by Gasteiger charge is 2.45. The first-order chi connectivity index (χ1) is 17.6. The molecule has 2 aliphatic rings. The van der Waals surface area contributed by atoms with Crippen LogP contribution in [0.4, 0.5) is 5.69 Å². The highest BCUT2D eigenvalue weighted by molar-refractivity contribution is 7.93. The molecule has 2 aliphatic heterocycles. The van der Waals surface area contributed by atoms with E-state index in [2.05, 4.69) is 27.6 Å². The molecule has 200 valence electrons. The van der Waals surface area contributed by atoms with E-state index in [4.69, 9.17) is 4.74 Å². The molecule has 0 radical (unpaired) electrons. The van der Waals surface area contributed by atoms with Gasteiger partial charge in [-0.3, -0.25) is 0 Å². The molecule has 2 saturated heterocycles. The number of sulfonamides is 1. The first-order valence-corrected chi connectivity index (χ1v) is 13.5. The molecule has 5 atom stereocenters. The molecule has 4 rings (SSSR count). The number of aliphatic hydroxyl groups is 4. The lowest BCUT2D eigenvalue weighted by molar-refractivity contribution is -0.251. The van der Waals surface area contributed by atoms with E-state index in [1.807, 2.05) is 18.2 Å². The summed E-state index contributed by atoms with van der Waals surface area (Å²) in [7, 11) is -2.43. The number of ether oxygens (including phenoxy) is 1. The van der Waals surface area contributed by atoms with E-state index < -0.39 is 52.2 Å². The van der Waals surface area contributed by atoms with Crippen molar-refractivity contribution in [1.82, 2.24) is 9.62 Å². The van der Waals surface area contributed by atoms with Crippen LogP contribution in [0.5, 0.6) is 0 Å². The predicted octanol–water partition coefficient (Wildman–Crippen LogP) is -0.435. The van der Waals surface area contributed by atoms with Gasteiger partial charge in [-0.1, -0.05) is 18.2 Å². The Bertz CT molecular complexity index is 1320. The van der Waals surface area contributed by atoms with Gasteiger partial charge >= 0.3 is 0 Å². The molecule has 0 amide bonds. The number of allylic oxidation sites excluding steroid dienone is 2. The fraction of sp³-hybridized carbons (Fsp3) is 0.480. The first kappa shape index (κ1) is 27.4. The Labute approximate surface area is 215 Å². The lowest BCUT2D eigenvalue weighted by atomic mass is 9.98. The zero-order valence-corrected chi connectivity index (χ0v) is 21.5. The average Bonchev–Trinajstić information content (AvgIpc) is 2.88. The Balaban J connectivity index is 1.60. The van der Waals surface area contributed by atoms with E-state index >= 15 is 0 Å². The van der Waals surface area contributed by atoms with E-state index in [-0.39, 0.29) is 5.57 Å². The van der Waals surface area contributed by atoms with Crippen LogP contribution in [0.25, 0.3) is 16.3 Å². The predicted molar refractivity (Wildman–Crippen MR) is 138 cm³/mol. The van der Waals surface area contributed by atoms with Crippen molar-refractivity contribution in [1.29, 1.82) is 5.26 Å². The number of anilines is 1.